The first-order valence-electron chi connectivity index (χ1n) is 6.29. The molecule has 1 aliphatic rings. The van der Waals surface area contributed by atoms with E-state index < -0.39 is 5.60 Å². The van der Waals surface area contributed by atoms with Crippen molar-refractivity contribution in [3.8, 4) is 0 Å². The molecular weight excluding hydrogens is 232 g/mol. The van der Waals surface area contributed by atoms with E-state index in [2.05, 4.69) is 30.3 Å². The summed E-state index contributed by atoms with van der Waals surface area (Å²) < 4.78 is 2.10. The third kappa shape index (κ3) is 2.68. The van der Waals surface area contributed by atoms with Crippen molar-refractivity contribution in [3.05, 3.63) is 18.2 Å². The van der Waals surface area contributed by atoms with Crippen LogP contribution >= 0.6 is 11.8 Å². The van der Waals surface area contributed by atoms with Crippen LogP contribution in [0.25, 0.3) is 0 Å². The highest BCUT2D eigenvalue weighted by atomic mass is 32.2. The molecule has 1 aromatic heterocycles. The predicted molar refractivity (Wildman–Crippen MR) is 72.1 cm³/mol. The van der Waals surface area contributed by atoms with E-state index in [9.17, 15) is 5.11 Å². The minimum atomic E-state index is -0.759. The molecule has 1 saturated heterocycles. The van der Waals surface area contributed by atoms with E-state index in [-0.39, 0.29) is 5.41 Å². The first-order valence-corrected chi connectivity index (χ1v) is 7.44. The number of aliphatic hydroxyl groups is 1. The SMILES string of the molecule is CCCn1ccnc1C1(O)CSCC(C)(C)C1. The molecule has 0 aliphatic carbocycles. The van der Waals surface area contributed by atoms with E-state index in [1.165, 1.54) is 0 Å². The van der Waals surface area contributed by atoms with Crippen molar-refractivity contribution >= 4 is 11.8 Å². The van der Waals surface area contributed by atoms with Crippen LogP contribution in [-0.4, -0.2) is 26.2 Å². The Hall–Kier alpha value is -0.480. The maximum Gasteiger partial charge on any atom is 0.141 e. The summed E-state index contributed by atoms with van der Waals surface area (Å²) in [5, 5.41) is 10.9. The Kier molecular flexibility index (Phi) is 3.55. The molecule has 96 valence electrons. The molecule has 1 unspecified atom stereocenters. The van der Waals surface area contributed by atoms with Gasteiger partial charge in [0, 0.05) is 24.7 Å². The second-order valence-electron chi connectivity index (χ2n) is 5.81. The Morgan fingerprint density at radius 2 is 2.24 bits per heavy atom. The zero-order chi connectivity index (χ0) is 12.5. The molecule has 0 bridgehead atoms. The van der Waals surface area contributed by atoms with Gasteiger partial charge in [-0.25, -0.2) is 4.98 Å². The summed E-state index contributed by atoms with van der Waals surface area (Å²) in [6, 6.07) is 0. The van der Waals surface area contributed by atoms with Crippen LogP contribution in [0.1, 0.15) is 39.4 Å². The highest BCUT2D eigenvalue weighted by molar-refractivity contribution is 7.99. The lowest BCUT2D eigenvalue weighted by Crippen LogP contribution is -2.42. The summed E-state index contributed by atoms with van der Waals surface area (Å²) in [5.74, 6) is 2.72. The van der Waals surface area contributed by atoms with Crippen molar-refractivity contribution in [1.82, 2.24) is 9.55 Å². The predicted octanol–water partition coefficient (Wildman–Crippen LogP) is 2.64. The van der Waals surface area contributed by atoms with E-state index in [1.807, 2.05) is 18.0 Å². The van der Waals surface area contributed by atoms with Gasteiger partial charge in [-0.15, -0.1) is 0 Å². The van der Waals surface area contributed by atoms with Crippen LogP contribution in [0.4, 0.5) is 0 Å². The van der Waals surface area contributed by atoms with Crippen LogP contribution in [0.5, 0.6) is 0 Å². The highest BCUT2D eigenvalue weighted by Crippen LogP contribution is 2.43. The second kappa shape index (κ2) is 4.65. The van der Waals surface area contributed by atoms with Gasteiger partial charge in [0.1, 0.15) is 11.4 Å². The Labute approximate surface area is 108 Å². The Morgan fingerprint density at radius 3 is 2.88 bits per heavy atom. The molecule has 4 heteroatoms. The van der Waals surface area contributed by atoms with Crippen molar-refractivity contribution in [1.29, 1.82) is 0 Å². The van der Waals surface area contributed by atoms with Gasteiger partial charge in [-0.2, -0.15) is 11.8 Å². The minimum Gasteiger partial charge on any atom is -0.381 e. The molecule has 0 saturated carbocycles. The molecule has 2 rings (SSSR count). The molecule has 2 heterocycles. The molecule has 0 aromatic carbocycles. The summed E-state index contributed by atoms with van der Waals surface area (Å²) >= 11 is 1.83. The number of hydrogen-bond donors (Lipinski definition) is 1. The largest absolute Gasteiger partial charge is 0.381 e. The quantitative estimate of drug-likeness (QED) is 0.901. The molecule has 3 nitrogen and oxygen atoms in total. The molecule has 1 aromatic rings. The first kappa shape index (κ1) is 13.0. The number of rotatable bonds is 3. The summed E-state index contributed by atoms with van der Waals surface area (Å²) in [6.07, 6.45) is 5.64. The molecule has 0 radical (unpaired) electrons. The number of thioether (sulfide) groups is 1. The number of aromatic nitrogens is 2. The molecule has 1 aliphatic heterocycles. The Bertz CT molecular complexity index is 389. The van der Waals surface area contributed by atoms with Crippen LogP contribution in [0, 0.1) is 5.41 Å². The Morgan fingerprint density at radius 1 is 1.47 bits per heavy atom. The summed E-state index contributed by atoms with van der Waals surface area (Å²) in [5.41, 5.74) is -0.578. The van der Waals surface area contributed by atoms with Gasteiger partial charge in [0.2, 0.25) is 0 Å². The summed E-state index contributed by atoms with van der Waals surface area (Å²) in [7, 11) is 0. The van der Waals surface area contributed by atoms with Crippen molar-refractivity contribution in [2.75, 3.05) is 11.5 Å². The van der Waals surface area contributed by atoms with Gasteiger partial charge in [0.25, 0.3) is 0 Å². The van der Waals surface area contributed by atoms with Gasteiger partial charge < -0.3 is 9.67 Å². The van der Waals surface area contributed by atoms with Gasteiger partial charge in [0.05, 0.1) is 0 Å². The smallest absolute Gasteiger partial charge is 0.141 e. The van der Waals surface area contributed by atoms with Crippen molar-refractivity contribution in [3.63, 3.8) is 0 Å². The second-order valence-corrected chi connectivity index (χ2v) is 6.80. The molecule has 1 fully saturated rings. The zero-order valence-corrected chi connectivity index (χ0v) is 11.8. The molecular formula is C13H22N2OS. The third-order valence-electron chi connectivity index (χ3n) is 3.20. The Balaban J connectivity index is 2.27. The highest BCUT2D eigenvalue weighted by Gasteiger charge is 2.42. The van der Waals surface area contributed by atoms with Crippen LogP contribution in [0.3, 0.4) is 0 Å². The van der Waals surface area contributed by atoms with Crippen molar-refractivity contribution in [2.24, 2.45) is 5.41 Å². The summed E-state index contributed by atoms with van der Waals surface area (Å²) in [6.45, 7) is 7.52. The van der Waals surface area contributed by atoms with Crippen LogP contribution in [0.2, 0.25) is 0 Å². The van der Waals surface area contributed by atoms with Gasteiger partial charge in [-0.3, -0.25) is 0 Å². The molecule has 1 N–H and O–H groups in total. The topological polar surface area (TPSA) is 38.0 Å². The lowest BCUT2D eigenvalue weighted by atomic mass is 9.81. The lowest BCUT2D eigenvalue weighted by Gasteiger charge is -2.40. The van der Waals surface area contributed by atoms with Crippen LogP contribution < -0.4 is 0 Å². The normalized spacial score (nSPS) is 28.2. The van der Waals surface area contributed by atoms with E-state index in [0.717, 1.165) is 36.7 Å². The fraction of sp³-hybridized carbons (Fsp3) is 0.769. The zero-order valence-electron chi connectivity index (χ0n) is 10.9. The molecule has 17 heavy (non-hydrogen) atoms. The van der Waals surface area contributed by atoms with E-state index in [0.29, 0.717) is 0 Å². The summed E-state index contributed by atoms with van der Waals surface area (Å²) in [4.78, 5) is 4.40. The van der Waals surface area contributed by atoms with Crippen molar-refractivity contribution in [2.45, 2.75) is 45.8 Å². The monoisotopic (exact) mass is 254 g/mol. The number of aryl methyl sites for hydroxylation is 1. The van der Waals surface area contributed by atoms with Gasteiger partial charge >= 0.3 is 0 Å². The maximum absolute atomic E-state index is 10.9. The average molecular weight is 254 g/mol. The van der Waals surface area contributed by atoms with E-state index in [1.54, 1.807) is 6.20 Å². The third-order valence-corrected chi connectivity index (χ3v) is 4.87. The fourth-order valence-corrected chi connectivity index (χ4v) is 4.00. The molecule has 0 amide bonds. The minimum absolute atomic E-state index is 0.181. The number of hydrogen-bond acceptors (Lipinski definition) is 3. The van der Waals surface area contributed by atoms with Gasteiger partial charge in [-0.1, -0.05) is 20.8 Å². The van der Waals surface area contributed by atoms with Crippen LogP contribution in [-0.2, 0) is 12.1 Å². The number of nitrogens with zero attached hydrogens (tertiary/aromatic N) is 2. The number of imidazole rings is 1. The first-order chi connectivity index (χ1) is 7.97. The lowest BCUT2D eigenvalue weighted by molar-refractivity contribution is 0.00444. The van der Waals surface area contributed by atoms with E-state index in [4.69, 9.17) is 0 Å². The average Bonchev–Trinajstić information content (AvgIpc) is 2.65. The standard InChI is InChI=1S/C13H22N2OS/c1-4-6-15-7-5-14-11(15)13(16)8-12(2,3)9-17-10-13/h5,7,16H,4,6,8-10H2,1-3H3. The van der Waals surface area contributed by atoms with Gasteiger partial charge in [0.15, 0.2) is 0 Å². The molecule has 1 atom stereocenters. The van der Waals surface area contributed by atoms with Crippen molar-refractivity contribution < 1.29 is 5.11 Å². The fourth-order valence-electron chi connectivity index (χ4n) is 2.67. The maximum atomic E-state index is 10.9. The van der Waals surface area contributed by atoms with Crippen LogP contribution in [0.15, 0.2) is 12.4 Å². The van der Waals surface area contributed by atoms with E-state index >= 15 is 0 Å². The van der Waals surface area contributed by atoms with Gasteiger partial charge in [-0.05, 0) is 24.0 Å². The molecule has 0 spiro atoms.